The molecule has 1 nitrogen and oxygen atoms in total. The number of hydrogen-bond donors (Lipinski definition) is 1. The van der Waals surface area contributed by atoms with E-state index in [1.165, 1.54) is 6.07 Å². The van der Waals surface area contributed by atoms with Crippen LogP contribution in [0.15, 0.2) is 18.2 Å². The van der Waals surface area contributed by atoms with Crippen molar-refractivity contribution in [3.05, 3.63) is 34.6 Å². The molecule has 0 bridgehead atoms. The molecule has 3 heteroatoms. The van der Waals surface area contributed by atoms with Crippen LogP contribution in [0.2, 0.25) is 5.02 Å². The molecule has 1 atom stereocenters. The highest BCUT2D eigenvalue weighted by Crippen LogP contribution is 2.23. The average Bonchev–Trinajstić information content (AvgIpc) is 2.21. The van der Waals surface area contributed by atoms with Gasteiger partial charge in [0.2, 0.25) is 0 Å². The molecule has 1 rings (SSSR count). The first-order valence-corrected chi connectivity index (χ1v) is 5.96. The Morgan fingerprint density at radius 1 is 1.44 bits per heavy atom. The van der Waals surface area contributed by atoms with E-state index in [9.17, 15) is 4.39 Å². The Morgan fingerprint density at radius 3 is 2.56 bits per heavy atom. The van der Waals surface area contributed by atoms with E-state index in [4.69, 9.17) is 11.6 Å². The Kier molecular flexibility index (Phi) is 4.34. The van der Waals surface area contributed by atoms with Crippen molar-refractivity contribution in [2.75, 3.05) is 0 Å². The molecule has 1 unspecified atom stereocenters. The van der Waals surface area contributed by atoms with Crippen molar-refractivity contribution in [3.8, 4) is 0 Å². The minimum Gasteiger partial charge on any atom is -0.305 e. The monoisotopic (exact) mass is 243 g/mol. The van der Waals surface area contributed by atoms with Crippen molar-refractivity contribution in [3.63, 3.8) is 0 Å². The maximum Gasteiger partial charge on any atom is 0.141 e. The summed E-state index contributed by atoms with van der Waals surface area (Å²) in [5, 5.41) is 3.67. The first kappa shape index (κ1) is 13.5. The van der Waals surface area contributed by atoms with Crippen LogP contribution in [-0.4, -0.2) is 5.54 Å². The second kappa shape index (κ2) is 5.15. The minimum atomic E-state index is -0.368. The molecular formula is C13H19ClFN. The number of halogens is 2. The van der Waals surface area contributed by atoms with E-state index < -0.39 is 0 Å². The molecule has 0 amide bonds. The van der Waals surface area contributed by atoms with Crippen LogP contribution in [0.1, 0.15) is 45.7 Å². The van der Waals surface area contributed by atoms with Crippen molar-refractivity contribution < 1.29 is 4.39 Å². The van der Waals surface area contributed by atoms with Gasteiger partial charge in [0.05, 0.1) is 5.02 Å². The van der Waals surface area contributed by atoms with E-state index in [2.05, 4.69) is 33.0 Å². The smallest absolute Gasteiger partial charge is 0.141 e. The van der Waals surface area contributed by atoms with Crippen molar-refractivity contribution >= 4 is 11.6 Å². The van der Waals surface area contributed by atoms with Crippen LogP contribution in [0.3, 0.4) is 0 Å². The molecule has 0 aromatic heterocycles. The Hall–Kier alpha value is -0.600. The Labute approximate surface area is 102 Å². The molecule has 90 valence electrons. The zero-order chi connectivity index (χ0) is 12.3. The minimum absolute atomic E-state index is 0.0697. The zero-order valence-electron chi connectivity index (χ0n) is 10.3. The largest absolute Gasteiger partial charge is 0.305 e. The lowest BCUT2D eigenvalue weighted by atomic mass is 9.98. The fourth-order valence-corrected chi connectivity index (χ4v) is 1.74. The van der Waals surface area contributed by atoms with Crippen molar-refractivity contribution in [2.24, 2.45) is 0 Å². The van der Waals surface area contributed by atoms with Gasteiger partial charge >= 0.3 is 0 Å². The van der Waals surface area contributed by atoms with Gasteiger partial charge in [0.1, 0.15) is 5.82 Å². The molecular weight excluding hydrogens is 225 g/mol. The van der Waals surface area contributed by atoms with Crippen LogP contribution >= 0.6 is 11.6 Å². The second-order valence-corrected chi connectivity index (χ2v) is 5.18. The second-order valence-electron chi connectivity index (χ2n) is 4.78. The highest BCUT2D eigenvalue weighted by Gasteiger charge is 2.18. The van der Waals surface area contributed by atoms with Gasteiger partial charge in [-0.05, 0) is 44.9 Å². The summed E-state index contributed by atoms with van der Waals surface area (Å²) in [6.07, 6.45) is 1.03. The summed E-state index contributed by atoms with van der Waals surface area (Å²) in [7, 11) is 0. The molecule has 0 saturated heterocycles. The molecule has 0 aliphatic heterocycles. The Bertz CT molecular complexity index is 363. The third-order valence-corrected chi connectivity index (χ3v) is 3.22. The molecule has 0 saturated carbocycles. The Morgan fingerprint density at radius 2 is 2.06 bits per heavy atom. The van der Waals surface area contributed by atoms with E-state index in [0.29, 0.717) is 0 Å². The average molecular weight is 244 g/mol. The lowest BCUT2D eigenvalue weighted by molar-refractivity contribution is 0.337. The highest BCUT2D eigenvalue weighted by molar-refractivity contribution is 6.30. The highest BCUT2D eigenvalue weighted by atomic mass is 35.5. The normalized spacial score (nSPS) is 13.9. The van der Waals surface area contributed by atoms with Gasteiger partial charge in [-0.25, -0.2) is 4.39 Å². The maximum atomic E-state index is 13.0. The number of rotatable bonds is 4. The lowest BCUT2D eigenvalue weighted by Gasteiger charge is -2.29. The van der Waals surface area contributed by atoms with Crippen LogP contribution in [0, 0.1) is 5.82 Å². The first-order valence-electron chi connectivity index (χ1n) is 5.58. The first-order chi connectivity index (χ1) is 7.35. The molecule has 16 heavy (non-hydrogen) atoms. The summed E-state index contributed by atoms with van der Waals surface area (Å²) in [5.41, 5.74) is 1.08. The van der Waals surface area contributed by atoms with Crippen LogP contribution in [0.25, 0.3) is 0 Å². The standard InChI is InChI=1S/C13H19ClFN/c1-5-13(3,4)16-9(2)10-6-7-12(15)11(14)8-10/h6-9,16H,5H2,1-4H3. The summed E-state index contributed by atoms with van der Waals surface area (Å²) in [6.45, 7) is 8.49. The van der Waals surface area contributed by atoms with Crippen molar-refractivity contribution in [2.45, 2.75) is 45.7 Å². The van der Waals surface area contributed by atoms with Gasteiger partial charge < -0.3 is 5.32 Å². The number of hydrogen-bond acceptors (Lipinski definition) is 1. The molecule has 0 aliphatic rings. The predicted octanol–water partition coefficient (Wildman–Crippen LogP) is 4.32. The van der Waals surface area contributed by atoms with Gasteiger partial charge in [0.25, 0.3) is 0 Å². The van der Waals surface area contributed by atoms with E-state index in [0.717, 1.165) is 12.0 Å². The van der Waals surface area contributed by atoms with E-state index >= 15 is 0 Å². The SMILES string of the molecule is CCC(C)(C)NC(C)c1ccc(F)c(Cl)c1. The van der Waals surface area contributed by atoms with E-state index in [1.54, 1.807) is 12.1 Å². The Balaban J connectivity index is 2.81. The molecule has 1 aromatic carbocycles. The zero-order valence-corrected chi connectivity index (χ0v) is 11.0. The quantitative estimate of drug-likeness (QED) is 0.831. The van der Waals surface area contributed by atoms with Crippen LogP contribution in [0.5, 0.6) is 0 Å². The number of nitrogens with one attached hydrogen (secondary N) is 1. The fraction of sp³-hybridized carbons (Fsp3) is 0.538. The van der Waals surface area contributed by atoms with Crippen LogP contribution < -0.4 is 5.32 Å². The number of benzene rings is 1. The lowest BCUT2D eigenvalue weighted by Crippen LogP contribution is -2.40. The molecule has 0 spiro atoms. The van der Waals surface area contributed by atoms with Crippen molar-refractivity contribution in [1.29, 1.82) is 0 Å². The maximum absolute atomic E-state index is 13.0. The van der Waals surface area contributed by atoms with Gasteiger partial charge in [0, 0.05) is 11.6 Å². The van der Waals surface area contributed by atoms with Gasteiger partial charge in [-0.2, -0.15) is 0 Å². The predicted molar refractivity (Wildman–Crippen MR) is 67.3 cm³/mol. The van der Waals surface area contributed by atoms with Crippen LogP contribution in [0.4, 0.5) is 4.39 Å². The molecule has 0 heterocycles. The summed E-state index contributed by atoms with van der Waals surface area (Å²) >= 11 is 5.76. The van der Waals surface area contributed by atoms with Crippen LogP contribution in [-0.2, 0) is 0 Å². The molecule has 0 aliphatic carbocycles. The van der Waals surface area contributed by atoms with E-state index in [-0.39, 0.29) is 22.4 Å². The van der Waals surface area contributed by atoms with Gasteiger partial charge in [-0.15, -0.1) is 0 Å². The third-order valence-electron chi connectivity index (χ3n) is 2.93. The van der Waals surface area contributed by atoms with Gasteiger partial charge in [-0.3, -0.25) is 0 Å². The van der Waals surface area contributed by atoms with Crippen molar-refractivity contribution in [1.82, 2.24) is 5.32 Å². The summed E-state index contributed by atoms with van der Waals surface area (Å²) < 4.78 is 13.0. The topological polar surface area (TPSA) is 12.0 Å². The molecule has 0 radical (unpaired) electrons. The summed E-state index contributed by atoms with van der Waals surface area (Å²) in [4.78, 5) is 0. The third kappa shape index (κ3) is 3.46. The molecule has 1 N–H and O–H groups in total. The van der Waals surface area contributed by atoms with Gasteiger partial charge in [-0.1, -0.05) is 24.6 Å². The van der Waals surface area contributed by atoms with E-state index in [1.807, 2.05) is 0 Å². The molecule has 1 aromatic rings. The fourth-order valence-electron chi connectivity index (χ4n) is 1.55. The van der Waals surface area contributed by atoms with Gasteiger partial charge in [0.15, 0.2) is 0 Å². The summed E-state index contributed by atoms with van der Waals surface area (Å²) in [5.74, 6) is -0.368. The summed E-state index contributed by atoms with van der Waals surface area (Å²) in [6, 6.07) is 5.02. The molecule has 0 fully saturated rings.